The van der Waals surface area contributed by atoms with E-state index in [0.29, 0.717) is 24.5 Å². The summed E-state index contributed by atoms with van der Waals surface area (Å²) in [6.45, 7) is 3.94. The zero-order chi connectivity index (χ0) is 15.2. The minimum absolute atomic E-state index is 0.202. The summed E-state index contributed by atoms with van der Waals surface area (Å²) < 4.78 is 0. The molecule has 3 N–H and O–H groups in total. The van der Waals surface area contributed by atoms with Crippen LogP contribution >= 0.6 is 0 Å². The van der Waals surface area contributed by atoms with Gasteiger partial charge in [-0.3, -0.25) is 15.0 Å². The molecule has 2 heterocycles. The van der Waals surface area contributed by atoms with Gasteiger partial charge in [0.25, 0.3) is 0 Å². The van der Waals surface area contributed by atoms with E-state index in [9.17, 15) is 9.59 Å². The molecule has 2 bridgehead atoms. The van der Waals surface area contributed by atoms with Crippen molar-refractivity contribution in [3.05, 3.63) is 0 Å². The van der Waals surface area contributed by atoms with Crippen LogP contribution < -0.4 is 16.0 Å². The molecule has 0 saturated carbocycles. The van der Waals surface area contributed by atoms with Gasteiger partial charge in [-0.05, 0) is 38.6 Å². The lowest BCUT2D eigenvalue weighted by molar-refractivity contribution is -0.120. The van der Waals surface area contributed by atoms with Crippen molar-refractivity contribution in [3.8, 4) is 0 Å². The Balaban J connectivity index is 1.81. The Labute approximate surface area is 127 Å². The van der Waals surface area contributed by atoms with Crippen molar-refractivity contribution in [2.45, 2.75) is 63.6 Å². The van der Waals surface area contributed by atoms with Crippen molar-refractivity contribution in [1.82, 2.24) is 20.9 Å². The van der Waals surface area contributed by atoms with E-state index in [1.54, 1.807) is 0 Å². The topological polar surface area (TPSA) is 73.5 Å². The number of urea groups is 1. The Kier molecular flexibility index (Phi) is 5.99. The highest BCUT2D eigenvalue weighted by molar-refractivity contribution is 5.94. The van der Waals surface area contributed by atoms with Crippen molar-refractivity contribution in [2.24, 2.45) is 0 Å². The molecule has 0 aliphatic carbocycles. The molecule has 2 rings (SSSR count). The Hall–Kier alpha value is -1.14. The molecule has 21 heavy (non-hydrogen) atoms. The van der Waals surface area contributed by atoms with Gasteiger partial charge < -0.3 is 10.6 Å². The third-order valence-corrected chi connectivity index (χ3v) is 4.58. The van der Waals surface area contributed by atoms with Crippen molar-refractivity contribution < 1.29 is 9.59 Å². The van der Waals surface area contributed by atoms with Crippen molar-refractivity contribution in [2.75, 3.05) is 20.1 Å². The van der Waals surface area contributed by atoms with Crippen LogP contribution in [0.15, 0.2) is 0 Å². The van der Waals surface area contributed by atoms with Gasteiger partial charge in [-0.15, -0.1) is 0 Å². The molecule has 0 spiro atoms. The number of nitrogens with one attached hydrogen (secondary N) is 3. The van der Waals surface area contributed by atoms with Crippen LogP contribution in [0.3, 0.4) is 0 Å². The van der Waals surface area contributed by atoms with Crippen LogP contribution in [0.4, 0.5) is 4.79 Å². The van der Waals surface area contributed by atoms with Gasteiger partial charge in [0.1, 0.15) is 0 Å². The maximum atomic E-state index is 11.7. The van der Waals surface area contributed by atoms with Crippen molar-refractivity contribution >= 4 is 11.9 Å². The molecule has 120 valence electrons. The van der Waals surface area contributed by atoms with E-state index in [0.717, 1.165) is 19.5 Å². The van der Waals surface area contributed by atoms with Crippen LogP contribution in [0.5, 0.6) is 0 Å². The van der Waals surface area contributed by atoms with Gasteiger partial charge in [0.15, 0.2) is 0 Å². The smallest absolute Gasteiger partial charge is 0.321 e. The standard InChI is InChI=1S/C15H28N4O2/c1-3-7-19(8-6-14(20)18-15(21)16-2)13-9-11-4-5-12(10-13)17-11/h11-13,17H,3-10H2,1-2H3,(H2,16,18,20,21). The van der Waals surface area contributed by atoms with Crippen LogP contribution in [0.1, 0.15) is 45.4 Å². The first-order chi connectivity index (χ1) is 10.1. The first-order valence-electron chi connectivity index (χ1n) is 8.14. The molecule has 0 radical (unpaired) electrons. The van der Waals surface area contributed by atoms with Gasteiger partial charge in [0.05, 0.1) is 0 Å². The highest BCUT2D eigenvalue weighted by atomic mass is 16.2. The molecule has 0 aromatic rings. The van der Waals surface area contributed by atoms with Crippen LogP contribution in [-0.4, -0.2) is 55.1 Å². The number of carbonyl (C=O) groups is 2. The summed E-state index contributed by atoms with van der Waals surface area (Å²) >= 11 is 0. The largest absolute Gasteiger partial charge is 0.341 e. The predicted octanol–water partition coefficient (Wildman–Crippen LogP) is 0.827. The zero-order valence-electron chi connectivity index (χ0n) is 13.2. The summed E-state index contributed by atoms with van der Waals surface area (Å²) in [5.74, 6) is -0.202. The SMILES string of the molecule is CCCN(CCC(=O)NC(=O)NC)C1CC2CCC(C1)N2. The second-order valence-corrected chi connectivity index (χ2v) is 6.18. The van der Waals surface area contributed by atoms with E-state index in [1.165, 1.54) is 32.7 Å². The van der Waals surface area contributed by atoms with Crippen LogP contribution in [0.25, 0.3) is 0 Å². The molecule has 0 aromatic heterocycles. The van der Waals surface area contributed by atoms with Crippen LogP contribution in [0, 0.1) is 0 Å². The van der Waals surface area contributed by atoms with E-state index in [-0.39, 0.29) is 5.91 Å². The monoisotopic (exact) mass is 296 g/mol. The molecule has 2 fully saturated rings. The van der Waals surface area contributed by atoms with Crippen molar-refractivity contribution in [1.29, 1.82) is 0 Å². The predicted molar refractivity (Wildman–Crippen MR) is 82.0 cm³/mol. The number of hydrogen-bond acceptors (Lipinski definition) is 4. The van der Waals surface area contributed by atoms with Gasteiger partial charge >= 0.3 is 6.03 Å². The van der Waals surface area contributed by atoms with E-state index in [1.807, 2.05) is 0 Å². The fourth-order valence-electron chi connectivity index (χ4n) is 3.59. The lowest BCUT2D eigenvalue weighted by Crippen LogP contribution is -2.49. The fraction of sp³-hybridized carbons (Fsp3) is 0.867. The summed E-state index contributed by atoms with van der Waals surface area (Å²) in [6, 6.07) is 1.47. The molecule has 6 nitrogen and oxygen atoms in total. The molecule has 2 atom stereocenters. The summed E-state index contributed by atoms with van der Waals surface area (Å²) in [6.07, 6.45) is 6.43. The maximum Gasteiger partial charge on any atom is 0.321 e. The number of rotatable bonds is 6. The van der Waals surface area contributed by atoms with E-state index in [4.69, 9.17) is 0 Å². The Morgan fingerprint density at radius 2 is 1.86 bits per heavy atom. The molecule has 2 aliphatic rings. The number of nitrogens with zero attached hydrogens (tertiary/aromatic N) is 1. The highest BCUT2D eigenvalue weighted by Crippen LogP contribution is 2.29. The number of amides is 3. The average molecular weight is 296 g/mol. The van der Waals surface area contributed by atoms with Gasteiger partial charge in [0, 0.05) is 38.1 Å². The van der Waals surface area contributed by atoms with Crippen LogP contribution in [-0.2, 0) is 4.79 Å². The molecule has 2 unspecified atom stereocenters. The van der Waals surface area contributed by atoms with E-state index >= 15 is 0 Å². The second-order valence-electron chi connectivity index (χ2n) is 6.18. The Morgan fingerprint density at radius 3 is 2.43 bits per heavy atom. The number of piperidine rings is 1. The van der Waals surface area contributed by atoms with Gasteiger partial charge in [-0.1, -0.05) is 6.92 Å². The second kappa shape index (κ2) is 7.75. The molecule has 2 saturated heterocycles. The third kappa shape index (κ3) is 4.68. The first-order valence-corrected chi connectivity index (χ1v) is 8.14. The minimum Gasteiger partial charge on any atom is -0.341 e. The maximum absolute atomic E-state index is 11.7. The molecule has 0 aromatic carbocycles. The molecule has 2 aliphatic heterocycles. The first kappa shape index (κ1) is 16.2. The normalized spacial score (nSPS) is 27.7. The fourth-order valence-corrected chi connectivity index (χ4v) is 3.59. The van der Waals surface area contributed by atoms with E-state index in [2.05, 4.69) is 27.8 Å². The summed E-state index contributed by atoms with van der Waals surface area (Å²) in [5, 5.41) is 8.39. The average Bonchev–Trinajstić information content (AvgIpc) is 2.81. The zero-order valence-corrected chi connectivity index (χ0v) is 13.2. The summed E-state index contributed by atoms with van der Waals surface area (Å²) in [5.41, 5.74) is 0. The molecule has 6 heteroatoms. The molecular formula is C15H28N4O2. The number of hydrogen-bond donors (Lipinski definition) is 3. The Morgan fingerprint density at radius 1 is 1.19 bits per heavy atom. The Bertz CT molecular complexity index is 363. The molecular weight excluding hydrogens is 268 g/mol. The summed E-state index contributed by atoms with van der Waals surface area (Å²) in [7, 11) is 1.51. The number of imide groups is 1. The summed E-state index contributed by atoms with van der Waals surface area (Å²) in [4.78, 5) is 25.3. The van der Waals surface area contributed by atoms with Crippen LogP contribution in [0.2, 0.25) is 0 Å². The van der Waals surface area contributed by atoms with Crippen molar-refractivity contribution in [3.63, 3.8) is 0 Å². The molecule has 3 amide bonds. The van der Waals surface area contributed by atoms with Gasteiger partial charge in [-0.25, -0.2) is 4.79 Å². The van der Waals surface area contributed by atoms with E-state index < -0.39 is 6.03 Å². The minimum atomic E-state index is -0.429. The lowest BCUT2D eigenvalue weighted by Gasteiger charge is -2.37. The van der Waals surface area contributed by atoms with Gasteiger partial charge in [-0.2, -0.15) is 0 Å². The highest BCUT2D eigenvalue weighted by Gasteiger charge is 2.35. The number of carbonyl (C=O) groups excluding carboxylic acids is 2. The quantitative estimate of drug-likeness (QED) is 0.679. The third-order valence-electron chi connectivity index (χ3n) is 4.58. The van der Waals surface area contributed by atoms with Gasteiger partial charge in [0.2, 0.25) is 5.91 Å². The number of fused-ring (bicyclic) bond motifs is 2. The lowest BCUT2D eigenvalue weighted by atomic mass is 9.97.